The highest BCUT2D eigenvalue weighted by Crippen LogP contribution is 2.20. The minimum Gasteiger partial charge on any atom is -0.480 e. The normalized spacial score (nSPS) is 18.3. The average Bonchev–Trinajstić information content (AvgIpc) is 3.04. The van der Waals surface area contributed by atoms with Gasteiger partial charge in [0.1, 0.15) is 6.04 Å². The van der Waals surface area contributed by atoms with Crippen LogP contribution in [0.25, 0.3) is 0 Å². The van der Waals surface area contributed by atoms with E-state index in [0.29, 0.717) is 16.5 Å². The van der Waals surface area contributed by atoms with Crippen molar-refractivity contribution in [3.63, 3.8) is 0 Å². The minimum absolute atomic E-state index is 0.179. The summed E-state index contributed by atoms with van der Waals surface area (Å²) in [4.78, 5) is 36.3. The van der Waals surface area contributed by atoms with Crippen LogP contribution in [0.15, 0.2) is 17.5 Å². The number of aliphatic carboxylic acids is 1. The Hall–Kier alpha value is -1.54. The van der Waals surface area contributed by atoms with Crippen LogP contribution >= 0.6 is 23.1 Å². The molecule has 1 atom stereocenters. The zero-order chi connectivity index (χ0) is 13.8. The van der Waals surface area contributed by atoms with E-state index in [-0.39, 0.29) is 18.4 Å². The first-order valence-corrected chi connectivity index (χ1v) is 7.54. The Morgan fingerprint density at radius 1 is 1.47 bits per heavy atom. The second-order valence-electron chi connectivity index (χ2n) is 3.88. The summed E-state index contributed by atoms with van der Waals surface area (Å²) in [5.41, 5.74) is 0. The van der Waals surface area contributed by atoms with Crippen molar-refractivity contribution in [2.75, 3.05) is 18.2 Å². The van der Waals surface area contributed by atoms with Gasteiger partial charge in [0.05, 0.1) is 17.3 Å². The fraction of sp³-hybridized carbons (Fsp3) is 0.364. The summed E-state index contributed by atoms with van der Waals surface area (Å²) in [6.07, 6.45) is 0. The van der Waals surface area contributed by atoms with Gasteiger partial charge in [-0.3, -0.25) is 9.59 Å². The van der Waals surface area contributed by atoms with E-state index >= 15 is 0 Å². The van der Waals surface area contributed by atoms with E-state index < -0.39 is 12.0 Å². The van der Waals surface area contributed by atoms with Crippen molar-refractivity contribution in [3.8, 4) is 0 Å². The van der Waals surface area contributed by atoms with Crippen LogP contribution in [0.5, 0.6) is 0 Å². The molecule has 1 aromatic heterocycles. The molecule has 8 heteroatoms. The number of carbonyl (C=O) groups excluding carboxylic acids is 2. The number of nitrogens with one attached hydrogen (secondary N) is 1. The Labute approximate surface area is 117 Å². The van der Waals surface area contributed by atoms with Crippen LogP contribution in [0, 0.1) is 0 Å². The summed E-state index contributed by atoms with van der Waals surface area (Å²) in [5, 5.41) is 13.2. The second-order valence-corrected chi connectivity index (χ2v) is 5.82. The van der Waals surface area contributed by atoms with E-state index in [1.165, 1.54) is 28.0 Å². The molecular formula is C11H12N2O4S2. The van der Waals surface area contributed by atoms with Crippen molar-refractivity contribution < 1.29 is 19.5 Å². The summed E-state index contributed by atoms with van der Waals surface area (Å²) in [7, 11) is 0. The molecule has 1 aromatic rings. The molecule has 1 saturated heterocycles. The first-order chi connectivity index (χ1) is 9.09. The zero-order valence-corrected chi connectivity index (χ0v) is 11.5. The highest BCUT2D eigenvalue weighted by Gasteiger charge is 2.34. The van der Waals surface area contributed by atoms with E-state index in [0.717, 1.165) is 0 Å². The molecule has 1 fully saturated rings. The van der Waals surface area contributed by atoms with Gasteiger partial charge in [-0.2, -0.15) is 0 Å². The van der Waals surface area contributed by atoms with Crippen molar-refractivity contribution in [2.24, 2.45) is 0 Å². The summed E-state index contributed by atoms with van der Waals surface area (Å²) in [6.45, 7) is -0.179. The third kappa shape index (κ3) is 3.27. The summed E-state index contributed by atoms with van der Waals surface area (Å²) in [5.74, 6) is -0.961. The minimum atomic E-state index is -1.01. The van der Waals surface area contributed by atoms with Crippen LogP contribution < -0.4 is 5.32 Å². The lowest BCUT2D eigenvalue weighted by atomic mass is 10.3. The number of carboxylic acids is 1. The van der Waals surface area contributed by atoms with E-state index in [4.69, 9.17) is 5.11 Å². The summed E-state index contributed by atoms with van der Waals surface area (Å²) in [6, 6.07) is 2.62. The van der Waals surface area contributed by atoms with Gasteiger partial charge in [-0.25, -0.2) is 4.79 Å². The van der Waals surface area contributed by atoms with Gasteiger partial charge in [0.15, 0.2) is 0 Å². The largest absolute Gasteiger partial charge is 0.480 e. The van der Waals surface area contributed by atoms with Gasteiger partial charge in [0.25, 0.3) is 5.91 Å². The quantitative estimate of drug-likeness (QED) is 0.844. The van der Waals surface area contributed by atoms with Crippen LogP contribution in [-0.2, 0) is 9.59 Å². The molecule has 1 unspecified atom stereocenters. The van der Waals surface area contributed by atoms with Gasteiger partial charge in [-0.15, -0.1) is 23.1 Å². The first-order valence-electron chi connectivity index (χ1n) is 5.51. The molecule has 0 bridgehead atoms. The van der Waals surface area contributed by atoms with Crippen LogP contribution in [0.3, 0.4) is 0 Å². The molecule has 0 aliphatic carbocycles. The third-order valence-corrected chi connectivity index (χ3v) is 4.51. The molecule has 1 aliphatic rings. The maximum absolute atomic E-state index is 11.9. The summed E-state index contributed by atoms with van der Waals surface area (Å²) >= 11 is 2.68. The van der Waals surface area contributed by atoms with Gasteiger partial charge < -0.3 is 15.3 Å². The number of hydrogen-bond donors (Lipinski definition) is 2. The number of hydrogen-bond acceptors (Lipinski definition) is 5. The highest BCUT2D eigenvalue weighted by molar-refractivity contribution is 7.99. The topological polar surface area (TPSA) is 86.7 Å². The molecule has 2 heterocycles. The maximum atomic E-state index is 11.9. The number of carbonyl (C=O) groups is 3. The molecule has 2 rings (SSSR count). The van der Waals surface area contributed by atoms with Crippen molar-refractivity contribution >= 4 is 40.9 Å². The van der Waals surface area contributed by atoms with E-state index in [1.54, 1.807) is 17.5 Å². The van der Waals surface area contributed by atoms with Gasteiger partial charge in [0, 0.05) is 5.75 Å². The maximum Gasteiger partial charge on any atom is 0.327 e. The van der Waals surface area contributed by atoms with E-state index in [1.807, 2.05) is 0 Å². The summed E-state index contributed by atoms with van der Waals surface area (Å²) < 4.78 is 0. The predicted molar refractivity (Wildman–Crippen MR) is 72.2 cm³/mol. The molecular weight excluding hydrogens is 288 g/mol. The second kappa shape index (κ2) is 6.07. The fourth-order valence-corrected chi connectivity index (χ4v) is 3.46. The van der Waals surface area contributed by atoms with Crippen molar-refractivity contribution in [1.29, 1.82) is 0 Å². The van der Waals surface area contributed by atoms with Crippen LogP contribution in [0.4, 0.5) is 0 Å². The number of thiophene rings is 1. The van der Waals surface area contributed by atoms with E-state index in [2.05, 4.69) is 5.32 Å². The lowest BCUT2D eigenvalue weighted by Gasteiger charge is -2.20. The van der Waals surface area contributed by atoms with Gasteiger partial charge in [0.2, 0.25) is 5.91 Å². The molecule has 6 nitrogen and oxygen atoms in total. The number of thioether (sulfide) groups is 1. The Bertz CT molecular complexity index is 489. The Morgan fingerprint density at radius 3 is 2.89 bits per heavy atom. The lowest BCUT2D eigenvalue weighted by Crippen LogP contribution is -2.46. The lowest BCUT2D eigenvalue weighted by molar-refractivity contribution is -0.147. The molecule has 19 heavy (non-hydrogen) atoms. The Morgan fingerprint density at radius 2 is 2.26 bits per heavy atom. The number of carboxylic acid groups (broad SMARTS) is 1. The van der Waals surface area contributed by atoms with Crippen LogP contribution in [0.2, 0.25) is 0 Å². The van der Waals surface area contributed by atoms with Crippen LogP contribution in [-0.4, -0.2) is 52.0 Å². The molecule has 0 radical (unpaired) electrons. The zero-order valence-electron chi connectivity index (χ0n) is 9.87. The Balaban J connectivity index is 1.88. The molecule has 2 N–H and O–H groups in total. The number of nitrogens with zero attached hydrogens (tertiary/aromatic N) is 1. The molecule has 102 valence electrons. The first kappa shape index (κ1) is 13.9. The number of amides is 2. The third-order valence-electron chi connectivity index (χ3n) is 2.63. The standard InChI is InChI=1S/C11H12N2O4S2/c14-9(13-6-18-5-7(13)11(16)17)4-12-10(15)8-2-1-3-19-8/h1-3,7H,4-6H2,(H,12,15)(H,16,17). The van der Waals surface area contributed by atoms with Crippen molar-refractivity contribution in [1.82, 2.24) is 10.2 Å². The molecule has 0 saturated carbocycles. The van der Waals surface area contributed by atoms with Crippen molar-refractivity contribution in [2.45, 2.75) is 6.04 Å². The molecule has 2 amide bonds. The number of rotatable bonds is 4. The highest BCUT2D eigenvalue weighted by atomic mass is 32.2. The van der Waals surface area contributed by atoms with Gasteiger partial charge >= 0.3 is 5.97 Å². The Kier molecular flexibility index (Phi) is 4.43. The molecule has 1 aliphatic heterocycles. The molecule has 0 spiro atoms. The van der Waals surface area contributed by atoms with Crippen molar-refractivity contribution in [3.05, 3.63) is 22.4 Å². The molecule has 0 aromatic carbocycles. The fourth-order valence-electron chi connectivity index (χ4n) is 1.65. The smallest absolute Gasteiger partial charge is 0.327 e. The van der Waals surface area contributed by atoms with Crippen LogP contribution in [0.1, 0.15) is 9.67 Å². The SMILES string of the molecule is O=C(NCC(=O)N1CSCC1C(=O)O)c1cccs1. The predicted octanol–water partition coefficient (Wildman–Crippen LogP) is 0.464. The van der Waals surface area contributed by atoms with E-state index in [9.17, 15) is 14.4 Å². The monoisotopic (exact) mass is 300 g/mol. The average molecular weight is 300 g/mol. The van der Waals surface area contributed by atoms with Gasteiger partial charge in [-0.1, -0.05) is 6.07 Å². The van der Waals surface area contributed by atoms with Gasteiger partial charge in [-0.05, 0) is 11.4 Å².